The monoisotopic (exact) mass is 343 g/mol. The van der Waals surface area contributed by atoms with Crippen LogP contribution in [-0.4, -0.2) is 50.1 Å². The molecule has 0 bridgehead atoms. The number of rotatable bonds is 6. The highest BCUT2D eigenvalue weighted by molar-refractivity contribution is 5.38. The molecule has 5 nitrogen and oxygen atoms in total. The number of morpholine rings is 1. The summed E-state index contributed by atoms with van der Waals surface area (Å²) in [4.78, 5) is 2.34. The summed E-state index contributed by atoms with van der Waals surface area (Å²) in [7, 11) is 3.31. The molecule has 2 aromatic carbocycles. The van der Waals surface area contributed by atoms with Crippen LogP contribution in [0.4, 0.5) is 0 Å². The van der Waals surface area contributed by atoms with E-state index in [0.717, 1.165) is 35.7 Å². The third-order valence-electron chi connectivity index (χ3n) is 4.57. The Labute approximate surface area is 148 Å². The van der Waals surface area contributed by atoms with E-state index in [-0.39, 0.29) is 18.8 Å². The van der Waals surface area contributed by atoms with Crippen molar-refractivity contribution in [1.82, 2.24) is 4.90 Å². The second kappa shape index (κ2) is 8.34. The first-order chi connectivity index (χ1) is 12.2. The van der Waals surface area contributed by atoms with E-state index < -0.39 is 0 Å². The Bertz CT molecular complexity index is 654. The summed E-state index contributed by atoms with van der Waals surface area (Å²) >= 11 is 0. The zero-order chi connectivity index (χ0) is 17.6. The van der Waals surface area contributed by atoms with Gasteiger partial charge in [-0.3, -0.25) is 4.90 Å². The fraction of sp³-hybridized carbons (Fsp3) is 0.400. The molecule has 25 heavy (non-hydrogen) atoms. The van der Waals surface area contributed by atoms with Gasteiger partial charge >= 0.3 is 0 Å². The lowest BCUT2D eigenvalue weighted by atomic mass is 9.97. The summed E-state index contributed by atoms with van der Waals surface area (Å²) in [5.41, 5.74) is 2.26. The molecule has 0 spiro atoms. The SMILES string of the molecule is COc1cc(CN2CCO[C@H](CO)[C@H]2c2ccccc2)cc(OC)c1. The fourth-order valence-electron chi connectivity index (χ4n) is 3.38. The summed E-state index contributed by atoms with van der Waals surface area (Å²) in [5.74, 6) is 1.55. The Kier molecular flexibility index (Phi) is 5.91. The van der Waals surface area contributed by atoms with E-state index in [0.29, 0.717) is 6.61 Å². The van der Waals surface area contributed by atoms with Crippen LogP contribution in [0.5, 0.6) is 11.5 Å². The maximum absolute atomic E-state index is 9.78. The molecule has 0 radical (unpaired) electrons. The lowest BCUT2D eigenvalue weighted by molar-refractivity contribution is -0.0960. The van der Waals surface area contributed by atoms with E-state index in [1.54, 1.807) is 14.2 Å². The second-order valence-corrected chi connectivity index (χ2v) is 6.14. The van der Waals surface area contributed by atoms with Crippen LogP contribution < -0.4 is 9.47 Å². The Hall–Kier alpha value is -2.08. The normalized spacial score (nSPS) is 21.1. The zero-order valence-electron chi connectivity index (χ0n) is 14.7. The van der Waals surface area contributed by atoms with E-state index >= 15 is 0 Å². The van der Waals surface area contributed by atoms with Crippen molar-refractivity contribution >= 4 is 0 Å². The molecule has 0 amide bonds. The lowest BCUT2D eigenvalue weighted by Gasteiger charge is -2.41. The minimum absolute atomic E-state index is 0.00249. The molecule has 1 aliphatic rings. The fourth-order valence-corrected chi connectivity index (χ4v) is 3.38. The average molecular weight is 343 g/mol. The number of aliphatic hydroxyl groups excluding tert-OH is 1. The molecule has 0 unspecified atom stereocenters. The summed E-state index contributed by atoms with van der Waals surface area (Å²) in [6.45, 7) is 2.13. The van der Waals surface area contributed by atoms with Gasteiger partial charge in [-0.1, -0.05) is 30.3 Å². The molecule has 3 rings (SSSR count). The number of aliphatic hydroxyl groups is 1. The number of hydrogen-bond donors (Lipinski definition) is 1. The number of nitrogens with zero attached hydrogens (tertiary/aromatic N) is 1. The van der Waals surface area contributed by atoms with Gasteiger partial charge in [-0.25, -0.2) is 0 Å². The van der Waals surface area contributed by atoms with Crippen molar-refractivity contribution in [2.24, 2.45) is 0 Å². The molecule has 1 saturated heterocycles. The van der Waals surface area contributed by atoms with Crippen molar-refractivity contribution in [3.8, 4) is 11.5 Å². The number of ether oxygens (including phenoxy) is 3. The van der Waals surface area contributed by atoms with Crippen molar-refractivity contribution < 1.29 is 19.3 Å². The van der Waals surface area contributed by atoms with Gasteiger partial charge in [0, 0.05) is 19.2 Å². The van der Waals surface area contributed by atoms with Gasteiger partial charge in [-0.05, 0) is 23.3 Å². The highest BCUT2D eigenvalue weighted by Gasteiger charge is 2.33. The number of methoxy groups -OCH3 is 2. The van der Waals surface area contributed by atoms with E-state index in [1.165, 1.54) is 0 Å². The zero-order valence-corrected chi connectivity index (χ0v) is 14.7. The van der Waals surface area contributed by atoms with Gasteiger partial charge in [-0.2, -0.15) is 0 Å². The van der Waals surface area contributed by atoms with Crippen LogP contribution in [0.1, 0.15) is 17.2 Å². The Morgan fingerprint density at radius 3 is 2.36 bits per heavy atom. The summed E-state index contributed by atoms with van der Waals surface area (Å²) in [6.07, 6.45) is -0.233. The van der Waals surface area contributed by atoms with Crippen LogP contribution in [-0.2, 0) is 11.3 Å². The molecule has 2 atom stereocenters. The maximum atomic E-state index is 9.78. The Morgan fingerprint density at radius 1 is 1.08 bits per heavy atom. The van der Waals surface area contributed by atoms with Crippen molar-refractivity contribution in [3.63, 3.8) is 0 Å². The largest absolute Gasteiger partial charge is 0.497 e. The van der Waals surface area contributed by atoms with Gasteiger partial charge < -0.3 is 19.3 Å². The first-order valence-corrected chi connectivity index (χ1v) is 8.48. The third-order valence-corrected chi connectivity index (χ3v) is 4.57. The van der Waals surface area contributed by atoms with Crippen LogP contribution in [0.25, 0.3) is 0 Å². The van der Waals surface area contributed by atoms with Gasteiger partial charge in [0.2, 0.25) is 0 Å². The van der Waals surface area contributed by atoms with Crippen LogP contribution in [0.2, 0.25) is 0 Å². The van der Waals surface area contributed by atoms with Crippen molar-refractivity contribution in [1.29, 1.82) is 0 Å². The predicted octanol–water partition coefficient (Wildman–Crippen LogP) is 2.64. The van der Waals surface area contributed by atoms with Gasteiger partial charge in [0.15, 0.2) is 0 Å². The third kappa shape index (κ3) is 4.12. The Morgan fingerprint density at radius 2 is 1.76 bits per heavy atom. The lowest BCUT2D eigenvalue weighted by Crippen LogP contribution is -2.46. The van der Waals surface area contributed by atoms with Gasteiger partial charge in [0.05, 0.1) is 33.5 Å². The van der Waals surface area contributed by atoms with Crippen molar-refractivity contribution in [2.75, 3.05) is 34.0 Å². The molecule has 1 heterocycles. The summed E-state index contributed by atoms with van der Waals surface area (Å²) in [5, 5.41) is 9.78. The second-order valence-electron chi connectivity index (χ2n) is 6.14. The molecule has 5 heteroatoms. The van der Waals surface area contributed by atoms with Crippen LogP contribution >= 0.6 is 0 Å². The molecule has 1 N–H and O–H groups in total. The number of benzene rings is 2. The molecule has 1 fully saturated rings. The topological polar surface area (TPSA) is 51.2 Å². The van der Waals surface area contributed by atoms with E-state index in [1.807, 2.05) is 36.4 Å². The molecule has 0 aromatic heterocycles. The minimum Gasteiger partial charge on any atom is -0.497 e. The standard InChI is InChI=1S/C20H25NO4/c1-23-17-10-15(11-18(12-17)24-2)13-21-8-9-25-19(14-22)20(21)16-6-4-3-5-7-16/h3-7,10-12,19-20,22H,8-9,13-14H2,1-2H3/t19-,20-/m1/s1. The quantitative estimate of drug-likeness (QED) is 0.874. The minimum atomic E-state index is -0.233. The molecule has 134 valence electrons. The van der Waals surface area contributed by atoms with E-state index in [4.69, 9.17) is 14.2 Å². The van der Waals surface area contributed by atoms with Crippen LogP contribution in [0.15, 0.2) is 48.5 Å². The van der Waals surface area contributed by atoms with Gasteiger partial charge in [0.25, 0.3) is 0 Å². The molecule has 1 aliphatic heterocycles. The first-order valence-electron chi connectivity index (χ1n) is 8.48. The van der Waals surface area contributed by atoms with Crippen molar-refractivity contribution in [3.05, 3.63) is 59.7 Å². The van der Waals surface area contributed by atoms with Crippen LogP contribution in [0, 0.1) is 0 Å². The Balaban J connectivity index is 1.88. The van der Waals surface area contributed by atoms with Crippen molar-refractivity contribution in [2.45, 2.75) is 18.7 Å². The maximum Gasteiger partial charge on any atom is 0.122 e. The molecule has 2 aromatic rings. The van der Waals surface area contributed by atoms with E-state index in [9.17, 15) is 5.11 Å². The highest BCUT2D eigenvalue weighted by atomic mass is 16.5. The number of hydrogen-bond acceptors (Lipinski definition) is 5. The summed E-state index contributed by atoms with van der Waals surface area (Å²) in [6, 6.07) is 16.1. The molecular formula is C20H25NO4. The molecule has 0 aliphatic carbocycles. The predicted molar refractivity (Wildman–Crippen MR) is 96.0 cm³/mol. The summed E-state index contributed by atoms with van der Waals surface area (Å²) < 4.78 is 16.6. The first kappa shape index (κ1) is 17.7. The van der Waals surface area contributed by atoms with Crippen LogP contribution in [0.3, 0.4) is 0 Å². The molecular weight excluding hydrogens is 318 g/mol. The smallest absolute Gasteiger partial charge is 0.122 e. The van der Waals surface area contributed by atoms with Gasteiger partial charge in [-0.15, -0.1) is 0 Å². The molecule has 0 saturated carbocycles. The average Bonchev–Trinajstić information content (AvgIpc) is 2.68. The van der Waals surface area contributed by atoms with E-state index in [2.05, 4.69) is 17.0 Å². The highest BCUT2D eigenvalue weighted by Crippen LogP contribution is 2.32. The van der Waals surface area contributed by atoms with Gasteiger partial charge in [0.1, 0.15) is 17.6 Å².